The molecule has 0 unspecified atom stereocenters. The third-order valence-corrected chi connectivity index (χ3v) is 5.33. The fraction of sp³-hybridized carbons (Fsp3) is 0.444. The Bertz CT molecular complexity index is 641. The molecule has 0 amide bonds. The second kappa shape index (κ2) is 7.79. The average molecular weight is 329 g/mol. The second-order valence-electron chi connectivity index (χ2n) is 6.03. The van der Waals surface area contributed by atoms with Crippen LogP contribution in [0.5, 0.6) is 0 Å². The highest BCUT2D eigenvalue weighted by Gasteiger charge is 2.28. The van der Waals surface area contributed by atoms with Gasteiger partial charge in [0, 0.05) is 49.1 Å². The van der Waals surface area contributed by atoms with Crippen molar-refractivity contribution in [2.45, 2.75) is 17.7 Å². The third kappa shape index (κ3) is 4.24. The topological polar surface area (TPSA) is 38.1 Å². The molecule has 1 fully saturated rings. The van der Waals surface area contributed by atoms with Crippen LogP contribution >= 0.6 is 11.8 Å². The number of aromatic nitrogens is 2. The Labute approximate surface area is 141 Å². The first-order valence-electron chi connectivity index (χ1n) is 8.16. The van der Waals surface area contributed by atoms with Gasteiger partial charge in [-0.25, -0.2) is 4.98 Å². The lowest BCUT2D eigenvalue weighted by Gasteiger charge is -2.31. The normalized spacial score (nSPS) is 18.9. The molecular weight excluding hydrogens is 306 g/mol. The monoisotopic (exact) mass is 329 g/mol. The zero-order chi connectivity index (χ0) is 16.1. The Kier molecular flexibility index (Phi) is 5.51. The minimum atomic E-state index is 0.0894. The summed E-state index contributed by atoms with van der Waals surface area (Å²) in [6.45, 7) is 2.99. The molecule has 1 aliphatic rings. The van der Waals surface area contributed by atoms with Gasteiger partial charge in [0.15, 0.2) is 5.82 Å². The Balaban J connectivity index is 1.50. The lowest BCUT2D eigenvalue weighted by molar-refractivity contribution is 0.0812. The molecule has 0 saturated carbocycles. The molecular formula is C18H23N3OS. The van der Waals surface area contributed by atoms with Crippen LogP contribution in [0, 0.1) is 5.92 Å². The van der Waals surface area contributed by atoms with E-state index in [4.69, 9.17) is 0 Å². The summed E-state index contributed by atoms with van der Waals surface area (Å²) in [4.78, 5) is 20.5. The number of thioether (sulfide) groups is 1. The van der Waals surface area contributed by atoms with E-state index in [0.717, 1.165) is 38.2 Å². The number of ketones is 1. The van der Waals surface area contributed by atoms with Gasteiger partial charge < -0.3 is 9.47 Å². The maximum Gasteiger partial charge on any atom is 0.202 e. The number of hydrogen-bond acceptors (Lipinski definition) is 4. The standard InChI is InChI=1S/C18H23N3OS/c1-20-11-9-19-18(20)17(22)15-6-5-10-21(14-15)12-13-23-16-7-3-2-4-8-16/h2-4,7-9,11,15H,5-6,10,12-14H2,1H3/t15-/m0/s1. The number of nitrogens with zero attached hydrogens (tertiary/aromatic N) is 3. The van der Waals surface area contributed by atoms with Crippen LogP contribution in [0.2, 0.25) is 0 Å². The fourth-order valence-electron chi connectivity index (χ4n) is 3.07. The van der Waals surface area contributed by atoms with E-state index in [2.05, 4.69) is 34.1 Å². The van der Waals surface area contributed by atoms with Gasteiger partial charge in [-0.3, -0.25) is 4.79 Å². The highest BCUT2D eigenvalue weighted by atomic mass is 32.2. The van der Waals surface area contributed by atoms with Crippen LogP contribution in [-0.2, 0) is 7.05 Å². The SMILES string of the molecule is Cn1ccnc1C(=O)[C@H]1CCCN(CCSc2ccccc2)C1. The summed E-state index contributed by atoms with van der Waals surface area (Å²) < 4.78 is 1.83. The van der Waals surface area contributed by atoms with Gasteiger partial charge >= 0.3 is 0 Å². The first-order chi connectivity index (χ1) is 11.2. The Morgan fingerprint density at radius 3 is 2.91 bits per heavy atom. The van der Waals surface area contributed by atoms with Crippen LogP contribution in [0.1, 0.15) is 23.5 Å². The fourth-order valence-corrected chi connectivity index (χ4v) is 4.00. The molecule has 1 atom stereocenters. The van der Waals surface area contributed by atoms with Crippen LogP contribution in [0.25, 0.3) is 0 Å². The first-order valence-corrected chi connectivity index (χ1v) is 9.14. The number of carbonyl (C=O) groups is 1. The number of hydrogen-bond donors (Lipinski definition) is 0. The van der Waals surface area contributed by atoms with E-state index < -0.39 is 0 Å². The maximum absolute atomic E-state index is 12.6. The van der Waals surface area contributed by atoms with Crippen LogP contribution in [0.4, 0.5) is 0 Å². The van der Waals surface area contributed by atoms with E-state index in [-0.39, 0.29) is 11.7 Å². The van der Waals surface area contributed by atoms with E-state index in [1.165, 1.54) is 4.90 Å². The van der Waals surface area contributed by atoms with Crippen LogP contribution in [0.15, 0.2) is 47.6 Å². The second-order valence-corrected chi connectivity index (χ2v) is 7.20. The van der Waals surface area contributed by atoms with Gasteiger partial charge in [0.05, 0.1) is 0 Å². The molecule has 122 valence electrons. The minimum Gasteiger partial charge on any atom is -0.332 e. The van der Waals surface area contributed by atoms with Gasteiger partial charge in [-0.1, -0.05) is 18.2 Å². The molecule has 0 radical (unpaired) electrons. The van der Waals surface area contributed by atoms with Gasteiger partial charge in [0.2, 0.25) is 5.78 Å². The number of imidazole rings is 1. The van der Waals surface area contributed by atoms with Crippen LogP contribution in [-0.4, -0.2) is 45.6 Å². The average Bonchev–Trinajstić information content (AvgIpc) is 3.01. The lowest BCUT2D eigenvalue weighted by atomic mass is 9.93. The largest absolute Gasteiger partial charge is 0.332 e. The molecule has 2 aromatic rings. The quantitative estimate of drug-likeness (QED) is 0.603. The Hall–Kier alpha value is -1.59. The molecule has 0 N–H and O–H groups in total. The highest BCUT2D eigenvalue weighted by molar-refractivity contribution is 7.99. The summed E-state index contributed by atoms with van der Waals surface area (Å²) in [7, 11) is 1.89. The van der Waals surface area contributed by atoms with Crippen molar-refractivity contribution >= 4 is 17.5 Å². The summed E-state index contributed by atoms with van der Waals surface area (Å²) in [6, 6.07) is 10.5. The number of likely N-dealkylation sites (tertiary alicyclic amines) is 1. The van der Waals surface area contributed by atoms with Gasteiger partial charge in [0.1, 0.15) is 0 Å². The highest BCUT2D eigenvalue weighted by Crippen LogP contribution is 2.22. The number of benzene rings is 1. The van der Waals surface area contributed by atoms with E-state index >= 15 is 0 Å². The van der Waals surface area contributed by atoms with Crippen LogP contribution in [0.3, 0.4) is 0 Å². The van der Waals surface area contributed by atoms with Gasteiger partial charge in [-0.15, -0.1) is 11.8 Å². The molecule has 1 saturated heterocycles. The summed E-state index contributed by atoms with van der Waals surface area (Å²) in [5, 5.41) is 0. The molecule has 4 nitrogen and oxygen atoms in total. The summed E-state index contributed by atoms with van der Waals surface area (Å²) in [5.74, 6) is 1.94. The van der Waals surface area contributed by atoms with Crippen molar-refractivity contribution in [1.82, 2.24) is 14.5 Å². The van der Waals surface area contributed by atoms with Gasteiger partial charge in [-0.05, 0) is 31.5 Å². The molecule has 0 bridgehead atoms. The summed E-state index contributed by atoms with van der Waals surface area (Å²) in [6.07, 6.45) is 5.61. The minimum absolute atomic E-state index is 0.0894. The van der Waals surface area contributed by atoms with E-state index in [9.17, 15) is 4.79 Å². The zero-order valence-corrected chi connectivity index (χ0v) is 14.3. The van der Waals surface area contributed by atoms with Crippen molar-refractivity contribution in [2.24, 2.45) is 13.0 Å². The van der Waals surface area contributed by atoms with Crippen molar-refractivity contribution < 1.29 is 4.79 Å². The molecule has 3 rings (SSSR count). The maximum atomic E-state index is 12.6. The predicted molar refractivity (Wildman–Crippen MR) is 93.9 cm³/mol. The van der Waals surface area contributed by atoms with Crippen molar-refractivity contribution in [3.63, 3.8) is 0 Å². The summed E-state index contributed by atoms with van der Waals surface area (Å²) in [5.41, 5.74) is 0. The number of piperidine rings is 1. The van der Waals surface area contributed by atoms with Crippen molar-refractivity contribution in [3.8, 4) is 0 Å². The molecule has 1 aromatic carbocycles. The van der Waals surface area contributed by atoms with Gasteiger partial charge in [-0.2, -0.15) is 0 Å². The number of aryl methyl sites for hydroxylation is 1. The zero-order valence-electron chi connectivity index (χ0n) is 13.5. The molecule has 0 aliphatic carbocycles. The summed E-state index contributed by atoms with van der Waals surface area (Å²) >= 11 is 1.88. The van der Waals surface area contributed by atoms with Crippen molar-refractivity contribution in [1.29, 1.82) is 0 Å². The molecule has 2 heterocycles. The van der Waals surface area contributed by atoms with E-state index in [1.54, 1.807) is 6.20 Å². The smallest absolute Gasteiger partial charge is 0.202 e. The molecule has 1 aromatic heterocycles. The number of carbonyl (C=O) groups excluding carboxylic acids is 1. The Morgan fingerprint density at radius 1 is 1.35 bits per heavy atom. The third-order valence-electron chi connectivity index (χ3n) is 4.34. The molecule has 5 heteroatoms. The molecule has 0 spiro atoms. The lowest BCUT2D eigenvalue weighted by Crippen LogP contribution is -2.40. The number of rotatable bonds is 6. The van der Waals surface area contributed by atoms with Crippen molar-refractivity contribution in [3.05, 3.63) is 48.5 Å². The van der Waals surface area contributed by atoms with Gasteiger partial charge in [0.25, 0.3) is 0 Å². The number of Topliss-reactive ketones (excluding diaryl/α,β-unsaturated/α-hetero) is 1. The molecule has 23 heavy (non-hydrogen) atoms. The first kappa shape index (κ1) is 16.3. The predicted octanol–water partition coefficient (Wildman–Crippen LogP) is 3.11. The van der Waals surface area contributed by atoms with E-state index in [0.29, 0.717) is 5.82 Å². The van der Waals surface area contributed by atoms with Crippen LogP contribution < -0.4 is 0 Å². The Morgan fingerprint density at radius 2 is 2.17 bits per heavy atom. The molecule has 1 aliphatic heterocycles. The van der Waals surface area contributed by atoms with Crippen molar-refractivity contribution in [2.75, 3.05) is 25.4 Å². The van der Waals surface area contributed by atoms with E-state index in [1.807, 2.05) is 35.6 Å².